The van der Waals surface area contributed by atoms with Crippen LogP contribution >= 0.6 is 0 Å². The van der Waals surface area contributed by atoms with Gasteiger partial charge in [0.2, 0.25) is 0 Å². The zero-order valence-electron chi connectivity index (χ0n) is 9.17. The number of nitrogens with zero attached hydrogens (tertiary/aromatic N) is 2. The van der Waals surface area contributed by atoms with E-state index in [2.05, 4.69) is 10.4 Å². The number of aliphatic hydroxyl groups is 1. The van der Waals surface area contributed by atoms with Crippen molar-refractivity contribution >= 4 is 5.69 Å². The van der Waals surface area contributed by atoms with Gasteiger partial charge in [0.25, 0.3) is 0 Å². The lowest BCUT2D eigenvalue weighted by Crippen LogP contribution is -2.14. The Kier molecular flexibility index (Phi) is 3.22. The third-order valence-corrected chi connectivity index (χ3v) is 2.20. The molecule has 0 spiro atoms. The largest absolute Gasteiger partial charge is 0.392 e. The highest BCUT2D eigenvalue weighted by Gasteiger charge is 2.00. The van der Waals surface area contributed by atoms with Crippen LogP contribution in [0.4, 0.5) is 5.69 Å². The molecular weight excluding hydrogens is 202 g/mol. The first-order valence-corrected chi connectivity index (χ1v) is 5.28. The molecule has 1 aromatic carbocycles. The summed E-state index contributed by atoms with van der Waals surface area (Å²) in [5, 5.41) is 16.5. The molecule has 0 aliphatic rings. The van der Waals surface area contributed by atoms with E-state index < -0.39 is 0 Å². The number of aliphatic hydroxyl groups excluding tert-OH is 1. The van der Waals surface area contributed by atoms with Gasteiger partial charge in [-0.05, 0) is 19.1 Å². The van der Waals surface area contributed by atoms with Gasteiger partial charge in [0.1, 0.15) is 0 Å². The minimum atomic E-state index is -0.361. The number of hydrogen-bond donors (Lipinski definition) is 2. The molecule has 1 heterocycles. The highest BCUT2D eigenvalue weighted by molar-refractivity contribution is 5.42. The lowest BCUT2D eigenvalue weighted by atomic mass is 10.3. The highest BCUT2D eigenvalue weighted by Crippen LogP contribution is 2.10. The molecule has 1 atom stereocenters. The molecule has 4 heteroatoms. The minimum Gasteiger partial charge on any atom is -0.392 e. The number of rotatable bonds is 4. The summed E-state index contributed by atoms with van der Waals surface area (Å²) >= 11 is 0. The molecule has 84 valence electrons. The summed E-state index contributed by atoms with van der Waals surface area (Å²) < 4.78 is 1.80. The van der Waals surface area contributed by atoms with Crippen LogP contribution in [-0.2, 0) is 0 Å². The molecule has 0 fully saturated rings. The maximum absolute atomic E-state index is 9.15. The number of benzene rings is 1. The Morgan fingerprint density at radius 1 is 1.38 bits per heavy atom. The van der Waals surface area contributed by atoms with Gasteiger partial charge in [0, 0.05) is 6.54 Å². The average molecular weight is 217 g/mol. The van der Waals surface area contributed by atoms with E-state index in [4.69, 9.17) is 5.11 Å². The summed E-state index contributed by atoms with van der Waals surface area (Å²) in [4.78, 5) is 0. The van der Waals surface area contributed by atoms with Crippen molar-refractivity contribution in [2.24, 2.45) is 0 Å². The van der Waals surface area contributed by atoms with E-state index >= 15 is 0 Å². The highest BCUT2D eigenvalue weighted by atomic mass is 16.3. The van der Waals surface area contributed by atoms with Crippen molar-refractivity contribution in [2.45, 2.75) is 13.0 Å². The van der Waals surface area contributed by atoms with E-state index in [1.807, 2.05) is 36.5 Å². The molecule has 2 N–H and O–H groups in total. The second-order valence-electron chi connectivity index (χ2n) is 3.74. The first-order valence-electron chi connectivity index (χ1n) is 5.28. The first kappa shape index (κ1) is 10.7. The Morgan fingerprint density at radius 2 is 2.12 bits per heavy atom. The number of aromatic nitrogens is 2. The molecule has 1 aromatic heterocycles. The standard InChI is InChI=1S/C12H15N3O/c1-10(16)7-13-11-8-14-15(9-11)12-5-3-2-4-6-12/h2-6,8-10,13,16H,7H2,1H3. The summed E-state index contributed by atoms with van der Waals surface area (Å²) in [6, 6.07) is 9.90. The van der Waals surface area contributed by atoms with E-state index in [9.17, 15) is 0 Å². The third kappa shape index (κ3) is 2.61. The summed E-state index contributed by atoms with van der Waals surface area (Å²) in [5.41, 5.74) is 1.93. The van der Waals surface area contributed by atoms with E-state index in [0.717, 1.165) is 11.4 Å². The van der Waals surface area contributed by atoms with Gasteiger partial charge in [-0.1, -0.05) is 18.2 Å². The van der Waals surface area contributed by atoms with E-state index in [1.54, 1.807) is 17.8 Å². The second-order valence-corrected chi connectivity index (χ2v) is 3.74. The predicted molar refractivity (Wildman–Crippen MR) is 63.7 cm³/mol. The number of nitrogens with one attached hydrogen (secondary N) is 1. The summed E-state index contributed by atoms with van der Waals surface area (Å²) in [5.74, 6) is 0. The van der Waals surface area contributed by atoms with Crippen LogP contribution in [0.1, 0.15) is 6.92 Å². The fourth-order valence-corrected chi connectivity index (χ4v) is 1.40. The van der Waals surface area contributed by atoms with Crippen LogP contribution in [0.25, 0.3) is 5.69 Å². The topological polar surface area (TPSA) is 50.1 Å². The maximum atomic E-state index is 9.15. The lowest BCUT2D eigenvalue weighted by molar-refractivity contribution is 0.208. The normalized spacial score (nSPS) is 12.4. The molecule has 2 rings (SSSR count). The molecule has 2 aromatic rings. The molecule has 0 bridgehead atoms. The van der Waals surface area contributed by atoms with Crippen molar-refractivity contribution < 1.29 is 5.11 Å². The van der Waals surface area contributed by atoms with Crippen molar-refractivity contribution in [1.29, 1.82) is 0 Å². The predicted octanol–water partition coefficient (Wildman–Crippen LogP) is 1.66. The molecule has 0 saturated heterocycles. The van der Waals surface area contributed by atoms with Crippen LogP contribution in [0.15, 0.2) is 42.7 Å². The van der Waals surface area contributed by atoms with E-state index in [0.29, 0.717) is 6.54 Å². The van der Waals surface area contributed by atoms with Crippen molar-refractivity contribution in [3.8, 4) is 5.69 Å². The van der Waals surface area contributed by atoms with Crippen molar-refractivity contribution in [3.05, 3.63) is 42.7 Å². The molecule has 0 radical (unpaired) electrons. The van der Waals surface area contributed by atoms with Crippen molar-refractivity contribution in [2.75, 3.05) is 11.9 Å². The van der Waals surface area contributed by atoms with E-state index in [-0.39, 0.29) is 6.10 Å². The first-order chi connectivity index (χ1) is 7.75. The van der Waals surface area contributed by atoms with Crippen molar-refractivity contribution in [1.82, 2.24) is 9.78 Å². The zero-order valence-corrected chi connectivity index (χ0v) is 9.17. The van der Waals surface area contributed by atoms with Crippen LogP contribution in [0.3, 0.4) is 0 Å². The van der Waals surface area contributed by atoms with Gasteiger partial charge in [0.15, 0.2) is 0 Å². The fraction of sp³-hybridized carbons (Fsp3) is 0.250. The van der Waals surface area contributed by atoms with Crippen LogP contribution in [-0.4, -0.2) is 27.5 Å². The molecule has 0 aliphatic carbocycles. The molecule has 1 unspecified atom stereocenters. The minimum absolute atomic E-state index is 0.361. The van der Waals surface area contributed by atoms with Gasteiger partial charge >= 0.3 is 0 Å². The fourth-order valence-electron chi connectivity index (χ4n) is 1.40. The van der Waals surface area contributed by atoms with Gasteiger partial charge in [0.05, 0.1) is 29.9 Å². The average Bonchev–Trinajstić information content (AvgIpc) is 2.76. The number of anilines is 1. The number of para-hydroxylation sites is 1. The Labute approximate surface area is 94.5 Å². The zero-order chi connectivity index (χ0) is 11.4. The quantitative estimate of drug-likeness (QED) is 0.819. The lowest BCUT2D eigenvalue weighted by Gasteiger charge is -2.04. The Hall–Kier alpha value is -1.81. The molecular formula is C12H15N3O. The van der Waals surface area contributed by atoms with Gasteiger partial charge in [-0.3, -0.25) is 0 Å². The van der Waals surface area contributed by atoms with Gasteiger partial charge < -0.3 is 10.4 Å². The number of hydrogen-bond acceptors (Lipinski definition) is 3. The summed E-state index contributed by atoms with van der Waals surface area (Å²) in [6.45, 7) is 2.27. The molecule has 16 heavy (non-hydrogen) atoms. The molecule has 0 aliphatic heterocycles. The Balaban J connectivity index is 2.08. The summed E-state index contributed by atoms with van der Waals surface area (Å²) in [7, 11) is 0. The van der Waals surface area contributed by atoms with Crippen LogP contribution in [0.5, 0.6) is 0 Å². The third-order valence-electron chi connectivity index (χ3n) is 2.20. The van der Waals surface area contributed by atoms with Gasteiger partial charge in [-0.25, -0.2) is 4.68 Å². The second kappa shape index (κ2) is 4.81. The van der Waals surface area contributed by atoms with E-state index in [1.165, 1.54) is 0 Å². The maximum Gasteiger partial charge on any atom is 0.0732 e. The van der Waals surface area contributed by atoms with Crippen LogP contribution in [0, 0.1) is 0 Å². The van der Waals surface area contributed by atoms with Gasteiger partial charge in [-0.2, -0.15) is 5.10 Å². The molecule has 0 saturated carbocycles. The molecule has 0 amide bonds. The smallest absolute Gasteiger partial charge is 0.0732 e. The van der Waals surface area contributed by atoms with Crippen LogP contribution < -0.4 is 5.32 Å². The van der Waals surface area contributed by atoms with Crippen LogP contribution in [0.2, 0.25) is 0 Å². The summed E-state index contributed by atoms with van der Waals surface area (Å²) in [6.07, 6.45) is 3.28. The monoisotopic (exact) mass is 217 g/mol. The molecule has 4 nitrogen and oxygen atoms in total. The SMILES string of the molecule is CC(O)CNc1cnn(-c2ccccc2)c1. The van der Waals surface area contributed by atoms with Gasteiger partial charge in [-0.15, -0.1) is 0 Å². The van der Waals surface area contributed by atoms with Crippen molar-refractivity contribution in [3.63, 3.8) is 0 Å². The Bertz CT molecular complexity index is 437. The Morgan fingerprint density at radius 3 is 2.81 bits per heavy atom.